The average Bonchev–Trinajstić information content (AvgIpc) is 3.02. The summed E-state index contributed by atoms with van der Waals surface area (Å²) in [6.45, 7) is 0. The van der Waals surface area contributed by atoms with Gasteiger partial charge in [-0.1, -0.05) is 0 Å². The molecule has 1 aromatic heterocycles. The van der Waals surface area contributed by atoms with E-state index in [0.29, 0.717) is 5.75 Å². The lowest BCUT2D eigenvalue weighted by Crippen LogP contribution is -1.86. The number of methoxy groups -OCH3 is 2. The lowest BCUT2D eigenvalue weighted by atomic mass is 10.1. The molecule has 1 aliphatic rings. The molecule has 0 unspecified atom stereocenters. The van der Waals surface area contributed by atoms with E-state index in [1.807, 2.05) is 36.4 Å². The molecule has 0 amide bonds. The van der Waals surface area contributed by atoms with Crippen molar-refractivity contribution in [3.05, 3.63) is 59.4 Å². The van der Waals surface area contributed by atoms with Crippen LogP contribution in [0.1, 0.15) is 16.9 Å². The number of phenols is 1. The van der Waals surface area contributed by atoms with Gasteiger partial charge in [-0.15, -0.1) is 24.2 Å². The molecule has 4 rings (SSSR count). The van der Waals surface area contributed by atoms with Crippen molar-refractivity contribution in [1.82, 2.24) is 0 Å². The molecular formula is C20H18ClO4S+. The summed E-state index contributed by atoms with van der Waals surface area (Å²) in [5.74, 6) is 3.27. The second-order valence-corrected chi connectivity index (χ2v) is 6.74. The van der Waals surface area contributed by atoms with E-state index < -0.39 is 0 Å². The first-order chi connectivity index (χ1) is 12.2. The van der Waals surface area contributed by atoms with Crippen LogP contribution in [0.3, 0.4) is 0 Å². The van der Waals surface area contributed by atoms with Crippen molar-refractivity contribution in [3.63, 3.8) is 0 Å². The fraction of sp³-hybridized carbons (Fsp3) is 0.150. The van der Waals surface area contributed by atoms with Crippen molar-refractivity contribution in [2.75, 3.05) is 14.2 Å². The summed E-state index contributed by atoms with van der Waals surface area (Å²) in [5, 5.41) is 11.2. The fourth-order valence-electron chi connectivity index (χ4n) is 2.84. The van der Waals surface area contributed by atoms with Gasteiger partial charge in [-0.3, -0.25) is 0 Å². The van der Waals surface area contributed by atoms with Crippen LogP contribution in [0, 0.1) is 0 Å². The van der Waals surface area contributed by atoms with Crippen LogP contribution in [0.25, 0.3) is 22.0 Å². The summed E-state index contributed by atoms with van der Waals surface area (Å²) in [6.07, 6.45) is 1.95. The number of rotatable bonds is 3. The van der Waals surface area contributed by atoms with E-state index >= 15 is 0 Å². The first kappa shape index (κ1) is 18.4. The minimum absolute atomic E-state index is 0. The third kappa shape index (κ3) is 3.32. The Balaban J connectivity index is 0.00000196. The number of benzene rings is 2. The second-order valence-electron chi connectivity index (χ2n) is 5.73. The molecule has 2 aromatic carbocycles. The minimum atomic E-state index is 0. The Bertz CT molecular complexity index is 1000. The Hall–Kier alpha value is -2.37. The summed E-state index contributed by atoms with van der Waals surface area (Å²) >= 11 is 1.70. The van der Waals surface area contributed by atoms with Crippen molar-refractivity contribution in [1.29, 1.82) is 0 Å². The number of phenolic OH excluding ortho intramolecular Hbond substituents is 1. The first-order valence-electron chi connectivity index (χ1n) is 7.83. The van der Waals surface area contributed by atoms with Gasteiger partial charge in [-0.05, 0) is 36.4 Å². The third-order valence-corrected chi connectivity index (χ3v) is 5.25. The van der Waals surface area contributed by atoms with Crippen molar-refractivity contribution in [3.8, 4) is 17.2 Å². The van der Waals surface area contributed by atoms with E-state index in [1.165, 1.54) is 0 Å². The van der Waals surface area contributed by atoms with Crippen LogP contribution in [0.2, 0.25) is 0 Å². The highest BCUT2D eigenvalue weighted by Gasteiger charge is 2.30. The summed E-state index contributed by atoms with van der Waals surface area (Å²) in [7, 11) is 3.22. The van der Waals surface area contributed by atoms with Crippen LogP contribution < -0.4 is 9.47 Å². The number of ether oxygens (including phenoxy) is 2. The Morgan fingerprint density at radius 3 is 2.50 bits per heavy atom. The second kappa shape index (κ2) is 7.48. The normalized spacial score (nSPS) is 14.2. The zero-order valence-electron chi connectivity index (χ0n) is 14.3. The van der Waals surface area contributed by atoms with Gasteiger partial charge in [-0.25, -0.2) is 4.42 Å². The SMILES string of the molecule is COc1ccc(/C=C2\SCc3cc4ccc(OC)cc4[o+]c32)c(O)c1.Cl. The predicted octanol–water partition coefficient (Wildman–Crippen LogP) is 5.60. The quantitative estimate of drug-likeness (QED) is 0.590. The van der Waals surface area contributed by atoms with Gasteiger partial charge in [0.05, 0.1) is 31.2 Å². The van der Waals surface area contributed by atoms with E-state index in [9.17, 15) is 5.11 Å². The van der Waals surface area contributed by atoms with E-state index in [-0.39, 0.29) is 18.2 Å². The summed E-state index contributed by atoms with van der Waals surface area (Å²) < 4.78 is 16.5. The molecule has 3 aromatic rings. The Morgan fingerprint density at radius 2 is 1.77 bits per heavy atom. The average molecular weight is 390 g/mol. The number of halogens is 1. The van der Waals surface area contributed by atoms with E-state index in [2.05, 4.69) is 6.07 Å². The number of thioether (sulfide) groups is 1. The Morgan fingerprint density at radius 1 is 1.04 bits per heavy atom. The van der Waals surface area contributed by atoms with E-state index in [1.54, 1.807) is 32.0 Å². The van der Waals surface area contributed by atoms with Crippen molar-refractivity contribution >= 4 is 46.1 Å². The standard InChI is InChI=1S/C20H16O4S.ClH/c1-22-15-5-3-12(17(21)9-15)8-19-20-14(11-25-19)7-13-4-6-16(23-2)10-18(13)24-20;/h3-10H,11H2,1-2H3;1H/p+1/b19-8-;. The van der Waals surface area contributed by atoms with Crippen LogP contribution in [-0.4, -0.2) is 19.3 Å². The molecule has 0 aliphatic carbocycles. The van der Waals surface area contributed by atoms with E-state index in [0.717, 1.165) is 44.3 Å². The first-order valence-corrected chi connectivity index (χ1v) is 8.82. The molecule has 6 heteroatoms. The number of fused-ring (bicyclic) bond motifs is 2. The summed E-state index contributed by atoms with van der Waals surface area (Å²) in [5.41, 5.74) is 2.67. The maximum Gasteiger partial charge on any atom is 0.371 e. The Labute approximate surface area is 161 Å². The van der Waals surface area contributed by atoms with Crippen LogP contribution in [-0.2, 0) is 5.75 Å². The molecule has 0 atom stereocenters. The molecule has 26 heavy (non-hydrogen) atoms. The topological polar surface area (TPSA) is 50.0 Å². The summed E-state index contributed by atoms with van der Waals surface area (Å²) in [4.78, 5) is 1.00. The molecule has 134 valence electrons. The highest BCUT2D eigenvalue weighted by atomic mass is 35.5. The molecule has 2 heterocycles. The predicted molar refractivity (Wildman–Crippen MR) is 108 cm³/mol. The molecule has 0 radical (unpaired) electrons. The molecule has 1 N–H and O–H groups in total. The molecular weight excluding hydrogens is 372 g/mol. The number of hydrogen-bond donors (Lipinski definition) is 1. The van der Waals surface area contributed by atoms with Crippen LogP contribution in [0.5, 0.6) is 17.2 Å². The zero-order valence-corrected chi connectivity index (χ0v) is 15.9. The third-order valence-electron chi connectivity index (χ3n) is 4.19. The van der Waals surface area contributed by atoms with Gasteiger partial charge in [0.25, 0.3) is 0 Å². The van der Waals surface area contributed by atoms with E-state index in [4.69, 9.17) is 13.9 Å². The van der Waals surface area contributed by atoms with Crippen LogP contribution >= 0.6 is 24.2 Å². The lowest BCUT2D eigenvalue weighted by Gasteiger charge is -2.03. The summed E-state index contributed by atoms with van der Waals surface area (Å²) in [6, 6.07) is 13.2. The molecule has 4 nitrogen and oxygen atoms in total. The van der Waals surface area contributed by atoms with Gasteiger partial charge in [0.1, 0.15) is 22.2 Å². The largest absolute Gasteiger partial charge is 0.507 e. The molecule has 1 aliphatic heterocycles. The van der Waals surface area contributed by atoms with Gasteiger partial charge < -0.3 is 14.6 Å². The zero-order chi connectivity index (χ0) is 17.4. The maximum absolute atomic E-state index is 10.2. The van der Waals surface area contributed by atoms with Crippen molar-refractivity contribution < 1.29 is 19.0 Å². The van der Waals surface area contributed by atoms with Gasteiger partial charge >= 0.3 is 11.3 Å². The Kier molecular flexibility index (Phi) is 5.30. The smallest absolute Gasteiger partial charge is 0.371 e. The van der Waals surface area contributed by atoms with Gasteiger partial charge in [0.2, 0.25) is 0 Å². The molecule has 0 saturated heterocycles. The van der Waals surface area contributed by atoms with Crippen LogP contribution in [0.4, 0.5) is 0 Å². The maximum atomic E-state index is 10.2. The van der Waals surface area contributed by atoms with Gasteiger partial charge in [0.15, 0.2) is 0 Å². The molecule has 0 fully saturated rings. The molecule has 0 bridgehead atoms. The minimum Gasteiger partial charge on any atom is -0.507 e. The monoisotopic (exact) mass is 389 g/mol. The van der Waals surface area contributed by atoms with Crippen LogP contribution in [0.15, 0.2) is 46.9 Å². The number of hydrogen-bond acceptors (Lipinski definition) is 4. The molecule has 0 spiro atoms. The highest BCUT2D eigenvalue weighted by Crippen LogP contribution is 2.44. The number of aromatic hydroxyl groups is 1. The van der Waals surface area contributed by atoms with Crippen molar-refractivity contribution in [2.24, 2.45) is 0 Å². The van der Waals surface area contributed by atoms with Gasteiger partial charge in [0, 0.05) is 17.4 Å². The fourth-order valence-corrected chi connectivity index (χ4v) is 3.88. The highest BCUT2D eigenvalue weighted by molar-refractivity contribution is 8.08. The lowest BCUT2D eigenvalue weighted by molar-refractivity contribution is 0.407. The van der Waals surface area contributed by atoms with Gasteiger partial charge in [-0.2, -0.15) is 0 Å². The van der Waals surface area contributed by atoms with Crippen molar-refractivity contribution in [2.45, 2.75) is 5.75 Å². The molecule has 0 saturated carbocycles.